The summed E-state index contributed by atoms with van der Waals surface area (Å²) in [4.78, 5) is 2.53. The van der Waals surface area contributed by atoms with Crippen LogP contribution in [0, 0.1) is 5.92 Å². The molecule has 120 valence electrons. The van der Waals surface area contributed by atoms with Gasteiger partial charge in [0, 0.05) is 26.2 Å². The molecule has 2 unspecified atom stereocenters. The molecule has 1 aliphatic rings. The average molecular weight is 286 g/mol. The van der Waals surface area contributed by atoms with E-state index in [2.05, 4.69) is 18.7 Å². The Morgan fingerprint density at radius 1 is 1.35 bits per heavy atom. The van der Waals surface area contributed by atoms with Gasteiger partial charge in [-0.3, -0.25) is 4.90 Å². The van der Waals surface area contributed by atoms with E-state index in [-0.39, 0.29) is 0 Å². The zero-order valence-electron chi connectivity index (χ0n) is 13.6. The van der Waals surface area contributed by atoms with Gasteiger partial charge in [0.1, 0.15) is 0 Å². The number of nitrogens with two attached hydrogens (primary N) is 1. The van der Waals surface area contributed by atoms with Crippen molar-refractivity contribution in [2.24, 2.45) is 11.7 Å². The van der Waals surface area contributed by atoms with E-state index in [0.29, 0.717) is 18.5 Å². The van der Waals surface area contributed by atoms with Crippen LogP contribution in [0.4, 0.5) is 0 Å². The highest BCUT2D eigenvalue weighted by Crippen LogP contribution is 2.37. The summed E-state index contributed by atoms with van der Waals surface area (Å²) < 4.78 is 5.23. The zero-order valence-corrected chi connectivity index (χ0v) is 13.6. The highest BCUT2D eigenvalue weighted by molar-refractivity contribution is 4.93. The van der Waals surface area contributed by atoms with E-state index in [1.54, 1.807) is 7.11 Å². The first-order chi connectivity index (χ1) is 9.61. The Balaban J connectivity index is 2.52. The van der Waals surface area contributed by atoms with Crippen molar-refractivity contribution in [3.8, 4) is 0 Å². The Morgan fingerprint density at radius 3 is 2.60 bits per heavy atom. The van der Waals surface area contributed by atoms with E-state index in [1.807, 2.05) is 0 Å². The van der Waals surface area contributed by atoms with Crippen LogP contribution in [-0.2, 0) is 4.74 Å². The second-order valence-electron chi connectivity index (χ2n) is 6.18. The lowest BCUT2D eigenvalue weighted by Crippen LogP contribution is -2.44. The number of nitrogens with zero attached hydrogens (tertiary/aromatic N) is 1. The lowest BCUT2D eigenvalue weighted by Gasteiger charge is -2.34. The SMILES string of the molecule is CCC(CC)N(CCOC)CCC1CCCC1(O)CN. The molecule has 0 heterocycles. The summed E-state index contributed by atoms with van der Waals surface area (Å²) in [5.41, 5.74) is 5.16. The third-order valence-corrected chi connectivity index (χ3v) is 5.08. The van der Waals surface area contributed by atoms with Crippen LogP contribution in [0.1, 0.15) is 52.4 Å². The largest absolute Gasteiger partial charge is 0.388 e. The second-order valence-corrected chi connectivity index (χ2v) is 6.18. The molecule has 4 nitrogen and oxygen atoms in total. The molecule has 1 saturated carbocycles. The number of ether oxygens (including phenoxy) is 1. The minimum atomic E-state index is -0.610. The normalized spacial score (nSPS) is 26.9. The minimum Gasteiger partial charge on any atom is -0.388 e. The van der Waals surface area contributed by atoms with Crippen molar-refractivity contribution in [2.75, 3.05) is 33.4 Å². The third-order valence-electron chi connectivity index (χ3n) is 5.08. The molecule has 0 aromatic heterocycles. The van der Waals surface area contributed by atoms with Crippen LogP contribution >= 0.6 is 0 Å². The van der Waals surface area contributed by atoms with E-state index in [9.17, 15) is 5.11 Å². The second kappa shape index (κ2) is 8.98. The summed E-state index contributed by atoms with van der Waals surface area (Å²) in [5, 5.41) is 10.5. The van der Waals surface area contributed by atoms with E-state index < -0.39 is 5.60 Å². The van der Waals surface area contributed by atoms with Gasteiger partial charge in [-0.15, -0.1) is 0 Å². The lowest BCUT2D eigenvalue weighted by molar-refractivity contribution is 0.00144. The molecule has 0 spiro atoms. The number of hydrogen-bond acceptors (Lipinski definition) is 4. The van der Waals surface area contributed by atoms with Gasteiger partial charge in [-0.05, 0) is 44.6 Å². The Bertz CT molecular complexity index is 259. The predicted molar refractivity (Wildman–Crippen MR) is 83.8 cm³/mol. The fourth-order valence-electron chi connectivity index (χ4n) is 3.62. The van der Waals surface area contributed by atoms with Gasteiger partial charge in [0.05, 0.1) is 12.2 Å². The van der Waals surface area contributed by atoms with Crippen LogP contribution in [0.5, 0.6) is 0 Å². The van der Waals surface area contributed by atoms with Crippen molar-refractivity contribution in [1.29, 1.82) is 0 Å². The van der Waals surface area contributed by atoms with Gasteiger partial charge in [-0.25, -0.2) is 0 Å². The molecule has 1 fully saturated rings. The third kappa shape index (κ3) is 4.69. The number of hydrogen-bond donors (Lipinski definition) is 2. The molecule has 0 aliphatic heterocycles. The molecular formula is C16H34N2O2. The highest BCUT2D eigenvalue weighted by Gasteiger charge is 2.39. The molecule has 0 saturated heterocycles. The van der Waals surface area contributed by atoms with Crippen molar-refractivity contribution in [1.82, 2.24) is 4.90 Å². The van der Waals surface area contributed by atoms with E-state index in [0.717, 1.165) is 45.4 Å². The Hall–Kier alpha value is -0.160. The van der Waals surface area contributed by atoms with E-state index in [1.165, 1.54) is 12.8 Å². The molecule has 20 heavy (non-hydrogen) atoms. The van der Waals surface area contributed by atoms with Crippen LogP contribution in [0.3, 0.4) is 0 Å². The summed E-state index contributed by atoms with van der Waals surface area (Å²) in [6, 6.07) is 0.623. The molecule has 3 N–H and O–H groups in total. The van der Waals surface area contributed by atoms with Gasteiger partial charge >= 0.3 is 0 Å². The van der Waals surface area contributed by atoms with Crippen molar-refractivity contribution in [3.63, 3.8) is 0 Å². The van der Waals surface area contributed by atoms with Crippen LogP contribution in [-0.4, -0.2) is 55.0 Å². The van der Waals surface area contributed by atoms with Crippen molar-refractivity contribution in [3.05, 3.63) is 0 Å². The maximum atomic E-state index is 10.5. The summed E-state index contributed by atoms with van der Waals surface area (Å²) in [5.74, 6) is 0.368. The highest BCUT2D eigenvalue weighted by atomic mass is 16.5. The summed E-state index contributed by atoms with van der Waals surface area (Å²) in [6.45, 7) is 7.71. The molecule has 0 aromatic carbocycles. The topological polar surface area (TPSA) is 58.7 Å². The molecule has 1 rings (SSSR count). The van der Waals surface area contributed by atoms with Crippen LogP contribution < -0.4 is 5.73 Å². The van der Waals surface area contributed by atoms with E-state index >= 15 is 0 Å². The summed E-state index contributed by atoms with van der Waals surface area (Å²) in [6.07, 6.45) is 6.50. The van der Waals surface area contributed by atoms with E-state index in [4.69, 9.17) is 10.5 Å². The van der Waals surface area contributed by atoms with Gasteiger partial charge < -0.3 is 15.6 Å². The quantitative estimate of drug-likeness (QED) is 0.645. The number of methoxy groups -OCH3 is 1. The molecule has 0 radical (unpaired) electrons. The van der Waals surface area contributed by atoms with Gasteiger partial charge in [0.25, 0.3) is 0 Å². The van der Waals surface area contributed by atoms with Gasteiger partial charge in [0.15, 0.2) is 0 Å². The van der Waals surface area contributed by atoms with Crippen LogP contribution in [0.2, 0.25) is 0 Å². The molecular weight excluding hydrogens is 252 g/mol. The Labute approximate surface area is 124 Å². The monoisotopic (exact) mass is 286 g/mol. The van der Waals surface area contributed by atoms with Crippen molar-refractivity contribution < 1.29 is 9.84 Å². The maximum Gasteiger partial charge on any atom is 0.0797 e. The summed E-state index contributed by atoms with van der Waals surface area (Å²) in [7, 11) is 1.76. The standard InChI is InChI=1S/C16H34N2O2/c1-4-15(5-2)18(11-12-20-3)10-8-14-7-6-9-16(14,19)13-17/h14-15,19H,4-13,17H2,1-3H3. The predicted octanol–water partition coefficient (Wildman–Crippen LogP) is 2.00. The first-order valence-corrected chi connectivity index (χ1v) is 8.26. The first kappa shape index (κ1) is 17.9. The zero-order chi connectivity index (χ0) is 15.0. The van der Waals surface area contributed by atoms with Crippen LogP contribution in [0.25, 0.3) is 0 Å². The first-order valence-electron chi connectivity index (χ1n) is 8.26. The van der Waals surface area contributed by atoms with Crippen LogP contribution in [0.15, 0.2) is 0 Å². The molecule has 1 aliphatic carbocycles. The fraction of sp³-hybridized carbons (Fsp3) is 1.00. The Morgan fingerprint density at radius 2 is 2.05 bits per heavy atom. The summed E-state index contributed by atoms with van der Waals surface area (Å²) >= 11 is 0. The molecule has 0 aromatic rings. The average Bonchev–Trinajstić information content (AvgIpc) is 2.84. The smallest absolute Gasteiger partial charge is 0.0797 e. The van der Waals surface area contributed by atoms with Gasteiger partial charge in [-0.2, -0.15) is 0 Å². The van der Waals surface area contributed by atoms with Crippen molar-refractivity contribution >= 4 is 0 Å². The molecule has 0 amide bonds. The number of aliphatic hydroxyl groups is 1. The maximum absolute atomic E-state index is 10.5. The molecule has 4 heteroatoms. The molecule has 2 atom stereocenters. The van der Waals surface area contributed by atoms with Gasteiger partial charge in [-0.1, -0.05) is 20.3 Å². The van der Waals surface area contributed by atoms with Gasteiger partial charge in [0.2, 0.25) is 0 Å². The number of rotatable bonds is 10. The minimum absolute atomic E-state index is 0.368. The molecule has 0 bridgehead atoms. The Kier molecular flexibility index (Phi) is 8.03. The fourth-order valence-corrected chi connectivity index (χ4v) is 3.62. The lowest BCUT2D eigenvalue weighted by atomic mass is 9.88. The van der Waals surface area contributed by atoms with Crippen molar-refractivity contribution in [2.45, 2.75) is 64.0 Å².